The molecule has 1 amide bonds. The van der Waals surface area contributed by atoms with Crippen LogP contribution in [0.4, 0.5) is 18.9 Å². The highest BCUT2D eigenvalue weighted by Gasteiger charge is 2.55. The Morgan fingerprint density at radius 3 is 2.57 bits per heavy atom. The van der Waals surface area contributed by atoms with E-state index < -0.39 is 17.6 Å². The summed E-state index contributed by atoms with van der Waals surface area (Å²) in [7, 11) is 1.63. The van der Waals surface area contributed by atoms with Crippen LogP contribution >= 0.6 is 23.1 Å². The molecule has 2 saturated carbocycles. The van der Waals surface area contributed by atoms with Gasteiger partial charge in [0.15, 0.2) is 0 Å². The van der Waals surface area contributed by atoms with Gasteiger partial charge in [-0.25, -0.2) is 0 Å². The van der Waals surface area contributed by atoms with Crippen LogP contribution in [0.15, 0.2) is 58.4 Å². The Morgan fingerprint density at radius 1 is 1.11 bits per heavy atom. The second-order valence-electron chi connectivity index (χ2n) is 9.96. The van der Waals surface area contributed by atoms with Crippen LogP contribution in [0.2, 0.25) is 0 Å². The lowest BCUT2D eigenvalue weighted by Crippen LogP contribution is -2.34. The maximum absolute atomic E-state index is 13.4. The van der Waals surface area contributed by atoms with Crippen molar-refractivity contribution in [1.82, 2.24) is 4.57 Å². The topological polar surface area (TPSA) is 60.3 Å². The van der Waals surface area contributed by atoms with Gasteiger partial charge in [-0.1, -0.05) is 35.6 Å². The van der Waals surface area contributed by atoms with E-state index in [1.165, 1.54) is 42.0 Å². The Balaban J connectivity index is 1.34. The molecule has 2 aliphatic carbocycles. The van der Waals surface area contributed by atoms with E-state index in [4.69, 9.17) is 4.74 Å². The number of halogens is 3. The molecule has 2 heterocycles. The molecular formula is C27H25F3N2O3S2. The van der Waals surface area contributed by atoms with Crippen molar-refractivity contribution in [3.8, 4) is 5.75 Å². The van der Waals surface area contributed by atoms with E-state index in [0.29, 0.717) is 23.0 Å². The monoisotopic (exact) mass is 546 g/mol. The van der Waals surface area contributed by atoms with Crippen molar-refractivity contribution in [2.75, 3.05) is 12.4 Å². The predicted molar refractivity (Wildman–Crippen MR) is 137 cm³/mol. The van der Waals surface area contributed by atoms with E-state index in [9.17, 15) is 22.8 Å². The number of para-hydroxylation sites is 1. The summed E-state index contributed by atoms with van der Waals surface area (Å²) in [5.74, 6) is 1.76. The van der Waals surface area contributed by atoms with Crippen molar-refractivity contribution in [3.05, 3.63) is 74.2 Å². The number of fused-ring (bicyclic) bond motifs is 6. The number of benzene rings is 2. The molecule has 5 atom stereocenters. The standard InChI is InChI=1S/C27H25F3N2O3S2/c1-35-17-10-8-14(9-11-17)21-22-15-6-7-16(12-15)23(22)36-25-24(21)37-26(34)32(25)13-20(33)31-19-5-3-2-4-18(19)27(28,29)30/h2-5,8-11,15-16,21-23H,6-7,12-13H2,1H3,(H,31,33)/t15?,16?,21-,22?,23?/m1/s1. The number of nitrogens with one attached hydrogen (secondary N) is 1. The number of alkyl halides is 3. The van der Waals surface area contributed by atoms with Crippen LogP contribution in [-0.4, -0.2) is 22.8 Å². The fourth-order valence-corrected chi connectivity index (χ4v) is 9.60. The van der Waals surface area contributed by atoms with Crippen molar-refractivity contribution in [3.63, 3.8) is 0 Å². The van der Waals surface area contributed by atoms with E-state index in [-0.39, 0.29) is 23.0 Å². The third kappa shape index (κ3) is 4.27. The Bertz CT molecular complexity index is 1400. The fraction of sp³-hybridized carbons (Fsp3) is 0.407. The summed E-state index contributed by atoms with van der Waals surface area (Å²) in [6.45, 7) is -0.329. The molecule has 2 bridgehead atoms. The molecule has 3 aromatic rings. The van der Waals surface area contributed by atoms with Gasteiger partial charge < -0.3 is 10.1 Å². The SMILES string of the molecule is COc1ccc([C@H]2c3sc(=O)n(CC(=O)Nc4ccccc4C(F)(F)F)c3SC3C4CCC(C4)C32)cc1. The summed E-state index contributed by atoms with van der Waals surface area (Å²) in [5, 5.41) is 3.52. The molecule has 10 heteroatoms. The molecule has 1 N–H and O–H groups in total. The number of rotatable bonds is 5. The number of thiazole rings is 1. The third-order valence-electron chi connectivity index (χ3n) is 7.97. The van der Waals surface area contributed by atoms with Crippen molar-refractivity contribution >= 4 is 34.7 Å². The van der Waals surface area contributed by atoms with E-state index in [0.717, 1.165) is 38.6 Å². The number of ether oxygens (including phenoxy) is 1. The fourth-order valence-electron chi connectivity index (χ4n) is 6.44. The second kappa shape index (κ2) is 9.23. The molecule has 194 valence electrons. The first-order chi connectivity index (χ1) is 17.7. The molecule has 5 nitrogen and oxygen atoms in total. The van der Waals surface area contributed by atoms with Crippen molar-refractivity contribution in [2.24, 2.45) is 17.8 Å². The first-order valence-corrected chi connectivity index (χ1v) is 13.9. The molecule has 1 aliphatic heterocycles. The average Bonchev–Trinajstić information content (AvgIpc) is 3.57. The van der Waals surface area contributed by atoms with Gasteiger partial charge >= 0.3 is 11.0 Å². The molecule has 6 rings (SSSR count). The Hall–Kier alpha value is -2.72. The number of hydrogen-bond acceptors (Lipinski definition) is 5. The van der Waals surface area contributed by atoms with Gasteiger partial charge in [0.1, 0.15) is 12.3 Å². The lowest BCUT2D eigenvalue weighted by molar-refractivity contribution is -0.137. The number of carbonyl (C=O) groups is 1. The van der Waals surface area contributed by atoms with Crippen molar-refractivity contribution in [2.45, 2.75) is 48.2 Å². The normalized spacial score (nSPS) is 26.0. The van der Waals surface area contributed by atoms with Gasteiger partial charge in [-0.3, -0.25) is 14.2 Å². The van der Waals surface area contributed by atoms with Crippen molar-refractivity contribution < 1.29 is 22.7 Å². The van der Waals surface area contributed by atoms with Gasteiger partial charge in [-0.05, 0) is 66.8 Å². The van der Waals surface area contributed by atoms with Crippen molar-refractivity contribution in [1.29, 1.82) is 0 Å². The van der Waals surface area contributed by atoms with Gasteiger partial charge in [0.05, 0.1) is 23.4 Å². The first-order valence-electron chi connectivity index (χ1n) is 12.2. The molecule has 4 unspecified atom stereocenters. The van der Waals surface area contributed by atoms with E-state index >= 15 is 0 Å². The van der Waals surface area contributed by atoms with Gasteiger partial charge in [-0.15, -0.1) is 11.8 Å². The van der Waals surface area contributed by atoms with Gasteiger partial charge in [-0.2, -0.15) is 13.2 Å². The summed E-state index contributed by atoms with van der Waals surface area (Å²) in [4.78, 5) is 26.8. The number of carbonyl (C=O) groups excluding carboxylic acids is 1. The minimum absolute atomic E-state index is 0.0513. The van der Waals surface area contributed by atoms with Crippen LogP contribution in [0.1, 0.15) is 41.2 Å². The summed E-state index contributed by atoms with van der Waals surface area (Å²) >= 11 is 2.85. The maximum Gasteiger partial charge on any atom is 0.418 e. The van der Waals surface area contributed by atoms with Gasteiger partial charge in [0.25, 0.3) is 0 Å². The Morgan fingerprint density at radius 2 is 1.84 bits per heavy atom. The number of aromatic nitrogens is 1. The smallest absolute Gasteiger partial charge is 0.418 e. The summed E-state index contributed by atoms with van der Waals surface area (Å²) < 4.78 is 47.0. The lowest BCUT2D eigenvalue weighted by Gasteiger charge is -2.40. The molecular weight excluding hydrogens is 521 g/mol. The minimum atomic E-state index is -4.60. The molecule has 0 radical (unpaired) electrons. The molecule has 1 aromatic heterocycles. The van der Waals surface area contributed by atoms with Crippen LogP contribution in [0.25, 0.3) is 0 Å². The number of nitrogens with zero attached hydrogens (tertiary/aromatic N) is 1. The number of hydrogen-bond donors (Lipinski definition) is 1. The quantitative estimate of drug-likeness (QED) is 0.412. The van der Waals surface area contributed by atoms with Gasteiger partial charge in [0, 0.05) is 16.0 Å². The van der Waals surface area contributed by atoms with Gasteiger partial charge in [0.2, 0.25) is 5.91 Å². The zero-order chi connectivity index (χ0) is 25.9. The second-order valence-corrected chi connectivity index (χ2v) is 12.1. The highest BCUT2D eigenvalue weighted by molar-refractivity contribution is 8.00. The lowest BCUT2D eigenvalue weighted by atomic mass is 9.75. The molecule has 0 spiro atoms. The molecule has 2 fully saturated rings. The Kier molecular flexibility index (Phi) is 6.14. The van der Waals surface area contributed by atoms with E-state index in [1.54, 1.807) is 18.9 Å². The zero-order valence-electron chi connectivity index (χ0n) is 20.0. The van der Waals surface area contributed by atoms with Crippen LogP contribution in [0.5, 0.6) is 5.75 Å². The van der Waals surface area contributed by atoms with E-state index in [1.807, 2.05) is 12.1 Å². The highest BCUT2D eigenvalue weighted by Crippen LogP contribution is 2.64. The van der Waals surface area contributed by atoms with Crippen LogP contribution in [0.3, 0.4) is 0 Å². The van der Waals surface area contributed by atoms with E-state index in [2.05, 4.69) is 17.4 Å². The number of anilines is 1. The third-order valence-corrected chi connectivity index (χ3v) is 10.8. The maximum atomic E-state index is 13.4. The molecule has 0 saturated heterocycles. The average molecular weight is 547 g/mol. The largest absolute Gasteiger partial charge is 0.497 e. The van der Waals surface area contributed by atoms with Crippen LogP contribution in [0, 0.1) is 17.8 Å². The molecule has 2 aromatic carbocycles. The minimum Gasteiger partial charge on any atom is -0.497 e. The summed E-state index contributed by atoms with van der Waals surface area (Å²) in [5.41, 5.74) is -0.0993. The number of methoxy groups -OCH3 is 1. The van der Waals surface area contributed by atoms with Crippen LogP contribution < -0.4 is 14.9 Å². The highest BCUT2D eigenvalue weighted by atomic mass is 32.2. The number of amides is 1. The number of thioether (sulfide) groups is 1. The zero-order valence-corrected chi connectivity index (χ0v) is 21.6. The summed E-state index contributed by atoms with van der Waals surface area (Å²) in [6.07, 6.45) is -1.04. The Labute approximate surface area is 220 Å². The van der Waals surface area contributed by atoms with Crippen LogP contribution in [-0.2, 0) is 17.5 Å². The molecule has 37 heavy (non-hydrogen) atoms. The predicted octanol–water partition coefficient (Wildman–Crippen LogP) is 6.23. The first kappa shape index (κ1) is 24.6. The molecule has 3 aliphatic rings. The summed E-state index contributed by atoms with van der Waals surface area (Å²) in [6, 6.07) is 12.9.